The lowest BCUT2D eigenvalue weighted by Crippen LogP contribution is -2.29. The van der Waals surface area contributed by atoms with Crippen molar-refractivity contribution < 1.29 is 32.7 Å². The van der Waals surface area contributed by atoms with Crippen molar-refractivity contribution >= 4 is 40.6 Å². The van der Waals surface area contributed by atoms with E-state index in [1.807, 2.05) is 31.2 Å². The lowest BCUT2D eigenvalue weighted by molar-refractivity contribution is -0.167. The number of carbonyl (C=O) groups excluding carboxylic acids is 2. The number of aliphatic carboxylic acids is 1. The smallest absolute Gasteiger partial charge is 0.471 e. The first-order valence-corrected chi connectivity index (χ1v) is 10.8. The molecule has 3 rings (SSSR count). The molecule has 0 unspecified atom stereocenters. The first-order valence-electron chi connectivity index (χ1n) is 10.8. The van der Waals surface area contributed by atoms with Crippen LogP contribution in [0.5, 0.6) is 0 Å². The van der Waals surface area contributed by atoms with Gasteiger partial charge in [-0.15, -0.1) is 0 Å². The van der Waals surface area contributed by atoms with Gasteiger partial charge in [0.15, 0.2) is 0 Å². The number of alkyl halides is 3. The van der Waals surface area contributed by atoms with Crippen molar-refractivity contribution in [1.29, 1.82) is 0 Å². The molecule has 35 heavy (non-hydrogen) atoms. The fourth-order valence-corrected chi connectivity index (χ4v) is 3.38. The van der Waals surface area contributed by atoms with Crippen molar-refractivity contribution in [2.75, 3.05) is 15.6 Å². The molecule has 8 nitrogen and oxygen atoms in total. The third kappa shape index (κ3) is 6.46. The van der Waals surface area contributed by atoms with Crippen LogP contribution in [0, 0.1) is 0 Å². The minimum absolute atomic E-state index is 0.0954. The molecule has 0 saturated carbocycles. The van der Waals surface area contributed by atoms with Crippen LogP contribution in [0.15, 0.2) is 65.4 Å². The summed E-state index contributed by atoms with van der Waals surface area (Å²) in [6.07, 6.45) is -2.34. The van der Waals surface area contributed by atoms with Gasteiger partial charge in [-0.25, -0.2) is 0 Å². The maximum atomic E-state index is 13.2. The molecule has 1 aliphatic heterocycles. The van der Waals surface area contributed by atoms with Crippen molar-refractivity contribution in [2.45, 2.75) is 38.8 Å². The van der Waals surface area contributed by atoms with E-state index in [0.717, 1.165) is 22.7 Å². The lowest BCUT2D eigenvalue weighted by atomic mass is 10.1. The molecule has 0 fully saturated rings. The van der Waals surface area contributed by atoms with E-state index in [2.05, 4.69) is 10.4 Å². The van der Waals surface area contributed by atoms with E-state index in [-0.39, 0.29) is 36.2 Å². The zero-order chi connectivity index (χ0) is 25.6. The van der Waals surface area contributed by atoms with E-state index in [1.165, 1.54) is 30.5 Å². The van der Waals surface area contributed by atoms with E-state index in [9.17, 15) is 27.6 Å². The van der Waals surface area contributed by atoms with Crippen LogP contribution in [0.3, 0.4) is 0 Å². The Kier molecular flexibility index (Phi) is 7.90. The first-order chi connectivity index (χ1) is 16.6. The van der Waals surface area contributed by atoms with Gasteiger partial charge in [0.05, 0.1) is 17.0 Å². The number of hydrogen-bond donors (Lipinski definition) is 3. The molecule has 2 amide bonds. The number of aryl methyl sites for hydroxylation is 1. The number of nitrogens with zero attached hydrogens (tertiary/aromatic N) is 2. The maximum Gasteiger partial charge on any atom is 0.471 e. The molecule has 2 aromatic rings. The fourth-order valence-electron chi connectivity index (χ4n) is 3.38. The van der Waals surface area contributed by atoms with Gasteiger partial charge < -0.3 is 15.7 Å². The molecule has 1 aliphatic rings. The van der Waals surface area contributed by atoms with Crippen LogP contribution < -0.4 is 15.6 Å². The van der Waals surface area contributed by atoms with Crippen LogP contribution in [0.1, 0.15) is 31.7 Å². The molecular formula is C24H23F3N4O4. The third-order valence-electron chi connectivity index (χ3n) is 5.16. The van der Waals surface area contributed by atoms with Gasteiger partial charge >= 0.3 is 18.1 Å². The maximum absolute atomic E-state index is 13.2. The summed E-state index contributed by atoms with van der Waals surface area (Å²) in [7, 11) is 0. The Hall–Kier alpha value is -4.15. The van der Waals surface area contributed by atoms with Gasteiger partial charge in [-0.05, 0) is 55.2 Å². The molecule has 3 N–H and O–H groups in total. The highest BCUT2D eigenvalue weighted by Gasteiger charge is 2.38. The van der Waals surface area contributed by atoms with E-state index >= 15 is 0 Å². The second-order valence-electron chi connectivity index (χ2n) is 7.62. The normalized spacial score (nSPS) is 14.7. The highest BCUT2D eigenvalue weighted by Crippen LogP contribution is 2.28. The fraction of sp³-hybridized carbons (Fsp3) is 0.250. The molecule has 0 aromatic heterocycles. The summed E-state index contributed by atoms with van der Waals surface area (Å²) in [6, 6.07) is 12.7. The molecule has 11 heteroatoms. The summed E-state index contributed by atoms with van der Waals surface area (Å²) in [6.45, 7) is 2.00. The van der Waals surface area contributed by atoms with E-state index in [4.69, 9.17) is 5.11 Å². The third-order valence-corrected chi connectivity index (χ3v) is 5.16. The number of para-hydroxylation sites is 1. The summed E-state index contributed by atoms with van der Waals surface area (Å²) in [5, 5.41) is 19.2. The number of benzene rings is 2. The number of hydrazone groups is 1. The Bertz CT molecular complexity index is 1170. The van der Waals surface area contributed by atoms with Gasteiger partial charge in [0.2, 0.25) is 0 Å². The average Bonchev–Trinajstić information content (AvgIpc) is 3.12. The highest BCUT2D eigenvalue weighted by atomic mass is 19.4. The Morgan fingerprint density at radius 3 is 2.43 bits per heavy atom. The first kappa shape index (κ1) is 25.5. The predicted molar refractivity (Wildman–Crippen MR) is 125 cm³/mol. The zero-order valence-electron chi connectivity index (χ0n) is 18.7. The van der Waals surface area contributed by atoms with Crippen LogP contribution in [0.4, 0.5) is 30.2 Å². The number of carboxylic acid groups (broad SMARTS) is 1. The zero-order valence-corrected chi connectivity index (χ0v) is 18.7. The number of carboxylic acids is 1. The van der Waals surface area contributed by atoms with Crippen LogP contribution in [0.25, 0.3) is 0 Å². The van der Waals surface area contributed by atoms with Crippen molar-refractivity contribution in [1.82, 2.24) is 0 Å². The largest absolute Gasteiger partial charge is 0.481 e. The number of hydrogen-bond acceptors (Lipinski definition) is 5. The molecule has 0 saturated heterocycles. The predicted octanol–water partition coefficient (Wildman–Crippen LogP) is 4.70. The van der Waals surface area contributed by atoms with Gasteiger partial charge in [-0.1, -0.05) is 25.1 Å². The number of rotatable bonds is 9. The van der Waals surface area contributed by atoms with Crippen LogP contribution in [-0.2, 0) is 20.8 Å². The number of nitrogens with one attached hydrogen (secondary N) is 2. The summed E-state index contributed by atoms with van der Waals surface area (Å²) in [5.74, 6) is -3.56. The minimum Gasteiger partial charge on any atom is -0.481 e. The standard InChI is InChI=1S/C24H23F3N4O4/c1-2-15-6-3-4-7-19(15)28-14-18-20(8-5-9-21(32)33)30-31(22(18)34)17-12-10-16(11-13-17)29-23(35)24(25,26)27/h3-4,6-7,10-14,28H,2,5,8-9H2,1H3,(H,29,35)(H,32,33). The monoisotopic (exact) mass is 488 g/mol. The summed E-state index contributed by atoms with van der Waals surface area (Å²) in [4.78, 5) is 35.2. The molecule has 0 bridgehead atoms. The molecule has 0 atom stereocenters. The van der Waals surface area contributed by atoms with Crippen molar-refractivity contribution in [3.8, 4) is 0 Å². The lowest BCUT2D eigenvalue weighted by Gasteiger charge is -2.13. The summed E-state index contributed by atoms with van der Waals surface area (Å²) < 4.78 is 37.4. The number of halogens is 3. The quantitative estimate of drug-likeness (QED) is 0.443. The van der Waals surface area contributed by atoms with Gasteiger partial charge in [0.1, 0.15) is 0 Å². The van der Waals surface area contributed by atoms with Crippen LogP contribution in [-0.4, -0.2) is 34.8 Å². The second-order valence-corrected chi connectivity index (χ2v) is 7.62. The molecular weight excluding hydrogens is 465 g/mol. The van der Waals surface area contributed by atoms with Crippen LogP contribution >= 0.6 is 0 Å². The van der Waals surface area contributed by atoms with Crippen molar-refractivity contribution in [3.05, 3.63) is 65.9 Å². The molecule has 2 aromatic carbocycles. The number of anilines is 3. The molecule has 0 aliphatic carbocycles. The Labute approximate surface area is 199 Å². The topological polar surface area (TPSA) is 111 Å². The SMILES string of the molecule is CCc1ccccc1NC=C1C(=O)N(c2ccc(NC(=O)C(F)(F)F)cc2)N=C1CCCC(=O)O. The summed E-state index contributed by atoms with van der Waals surface area (Å²) >= 11 is 0. The number of carbonyl (C=O) groups is 3. The van der Waals surface area contributed by atoms with Crippen LogP contribution in [0.2, 0.25) is 0 Å². The summed E-state index contributed by atoms with van der Waals surface area (Å²) in [5.41, 5.74) is 2.65. The van der Waals surface area contributed by atoms with E-state index in [1.54, 1.807) is 5.32 Å². The average molecular weight is 488 g/mol. The molecule has 0 radical (unpaired) electrons. The van der Waals surface area contributed by atoms with E-state index in [0.29, 0.717) is 5.71 Å². The second kappa shape index (κ2) is 10.9. The van der Waals surface area contributed by atoms with Crippen molar-refractivity contribution in [2.24, 2.45) is 5.10 Å². The highest BCUT2D eigenvalue weighted by molar-refractivity contribution is 6.30. The Morgan fingerprint density at radius 1 is 1.11 bits per heavy atom. The van der Waals surface area contributed by atoms with Gasteiger partial charge in [0.25, 0.3) is 5.91 Å². The van der Waals surface area contributed by atoms with Gasteiger partial charge in [-0.3, -0.25) is 14.4 Å². The van der Waals surface area contributed by atoms with Gasteiger partial charge in [-0.2, -0.15) is 23.3 Å². The number of amides is 2. The Balaban J connectivity index is 1.84. The minimum atomic E-state index is -5.03. The van der Waals surface area contributed by atoms with Crippen molar-refractivity contribution in [3.63, 3.8) is 0 Å². The molecule has 184 valence electrons. The van der Waals surface area contributed by atoms with E-state index < -0.39 is 24.0 Å². The molecule has 0 spiro atoms. The van der Waals surface area contributed by atoms with Gasteiger partial charge in [0, 0.05) is 24.0 Å². The Morgan fingerprint density at radius 2 is 1.80 bits per heavy atom. The molecule has 1 heterocycles.